The lowest BCUT2D eigenvalue weighted by Crippen LogP contribution is -2.40. The number of nitrogens with one attached hydrogen (secondary N) is 2. The third kappa shape index (κ3) is 3.53. The minimum absolute atomic E-state index is 0.00738. The van der Waals surface area contributed by atoms with Gasteiger partial charge in [0.05, 0.1) is 11.4 Å². The van der Waals surface area contributed by atoms with Crippen LogP contribution in [0.3, 0.4) is 0 Å². The van der Waals surface area contributed by atoms with Crippen molar-refractivity contribution in [2.75, 3.05) is 17.2 Å². The lowest BCUT2D eigenvalue weighted by atomic mass is 9.66. The van der Waals surface area contributed by atoms with Crippen molar-refractivity contribution in [3.05, 3.63) is 36.5 Å². The fourth-order valence-corrected chi connectivity index (χ4v) is 2.99. The van der Waals surface area contributed by atoms with Gasteiger partial charge in [0.2, 0.25) is 5.91 Å². The predicted molar refractivity (Wildman–Crippen MR) is 91.5 cm³/mol. The van der Waals surface area contributed by atoms with Gasteiger partial charge in [0.1, 0.15) is 0 Å². The maximum Gasteiger partial charge on any atom is 0.225 e. The minimum Gasteiger partial charge on any atom is -0.337 e. The SMILES string of the molecule is Cn1ccc(Nc2ccccc2NC(=O)CC2(CN)CCC2)n1. The van der Waals surface area contributed by atoms with Crippen LogP contribution in [0.25, 0.3) is 0 Å². The van der Waals surface area contributed by atoms with Gasteiger partial charge in [-0.25, -0.2) is 0 Å². The molecule has 4 N–H and O–H groups in total. The molecule has 0 spiro atoms. The summed E-state index contributed by atoms with van der Waals surface area (Å²) < 4.78 is 1.73. The molecule has 23 heavy (non-hydrogen) atoms. The Bertz CT molecular complexity index is 684. The summed E-state index contributed by atoms with van der Waals surface area (Å²) in [5.41, 5.74) is 7.44. The Kier molecular flexibility index (Phi) is 4.34. The lowest BCUT2D eigenvalue weighted by molar-refractivity contribution is -0.119. The molecule has 0 unspecified atom stereocenters. The number of amides is 1. The van der Waals surface area contributed by atoms with Crippen LogP contribution >= 0.6 is 0 Å². The van der Waals surface area contributed by atoms with Crippen molar-refractivity contribution in [3.63, 3.8) is 0 Å². The number of nitrogens with two attached hydrogens (primary N) is 1. The highest BCUT2D eigenvalue weighted by Gasteiger charge is 2.37. The number of para-hydroxylation sites is 2. The summed E-state index contributed by atoms with van der Waals surface area (Å²) in [6, 6.07) is 9.53. The highest BCUT2D eigenvalue weighted by Crippen LogP contribution is 2.43. The van der Waals surface area contributed by atoms with E-state index in [1.54, 1.807) is 4.68 Å². The van der Waals surface area contributed by atoms with Crippen molar-refractivity contribution in [1.29, 1.82) is 0 Å². The number of carbonyl (C=O) groups is 1. The van der Waals surface area contributed by atoms with Crippen molar-refractivity contribution in [2.45, 2.75) is 25.7 Å². The molecule has 6 heteroatoms. The molecule has 0 atom stereocenters. The summed E-state index contributed by atoms with van der Waals surface area (Å²) in [5.74, 6) is 0.761. The normalized spacial score (nSPS) is 15.7. The Morgan fingerprint density at radius 1 is 1.30 bits per heavy atom. The number of rotatable bonds is 6. The number of benzene rings is 1. The van der Waals surface area contributed by atoms with Gasteiger partial charge in [-0.1, -0.05) is 18.6 Å². The standard InChI is InChI=1S/C17H23N5O/c1-22-10-7-15(21-22)19-13-5-2-3-6-14(13)20-16(23)11-17(12-18)8-4-9-17/h2-3,5-7,10H,4,8-9,11-12,18H2,1H3,(H,19,21)(H,20,23). The predicted octanol–water partition coefficient (Wildman–Crippen LogP) is 2.62. The van der Waals surface area contributed by atoms with Gasteiger partial charge >= 0.3 is 0 Å². The molecule has 2 aromatic rings. The molecule has 1 amide bonds. The molecule has 1 aromatic carbocycles. The van der Waals surface area contributed by atoms with Crippen LogP contribution < -0.4 is 16.4 Å². The second kappa shape index (κ2) is 6.42. The van der Waals surface area contributed by atoms with Gasteiger partial charge in [-0.3, -0.25) is 9.48 Å². The smallest absolute Gasteiger partial charge is 0.225 e. The number of nitrogens with zero attached hydrogens (tertiary/aromatic N) is 2. The van der Waals surface area contributed by atoms with Crippen LogP contribution in [0.15, 0.2) is 36.5 Å². The molecule has 3 rings (SSSR count). The number of carbonyl (C=O) groups excluding carboxylic acids is 1. The van der Waals surface area contributed by atoms with Crippen molar-refractivity contribution < 1.29 is 4.79 Å². The fourth-order valence-electron chi connectivity index (χ4n) is 2.99. The highest BCUT2D eigenvalue weighted by molar-refractivity contribution is 5.95. The van der Waals surface area contributed by atoms with E-state index in [0.717, 1.165) is 30.0 Å². The van der Waals surface area contributed by atoms with Gasteiger partial charge < -0.3 is 16.4 Å². The number of anilines is 3. The maximum atomic E-state index is 12.4. The van der Waals surface area contributed by atoms with Crippen LogP contribution in [0.2, 0.25) is 0 Å². The molecule has 1 heterocycles. The zero-order chi connectivity index (χ0) is 16.3. The van der Waals surface area contributed by atoms with E-state index in [2.05, 4.69) is 15.7 Å². The molecular formula is C17H23N5O. The number of aryl methyl sites for hydroxylation is 1. The number of hydrogen-bond donors (Lipinski definition) is 3. The second-order valence-electron chi connectivity index (χ2n) is 6.33. The van der Waals surface area contributed by atoms with Crippen molar-refractivity contribution >= 4 is 23.1 Å². The van der Waals surface area contributed by atoms with Crippen LogP contribution in [-0.2, 0) is 11.8 Å². The number of aromatic nitrogens is 2. The molecule has 1 aliphatic rings. The van der Waals surface area contributed by atoms with E-state index < -0.39 is 0 Å². The Morgan fingerprint density at radius 2 is 2.04 bits per heavy atom. The maximum absolute atomic E-state index is 12.4. The first-order valence-corrected chi connectivity index (χ1v) is 7.96. The van der Waals surface area contributed by atoms with Crippen LogP contribution in [0.1, 0.15) is 25.7 Å². The third-order valence-electron chi connectivity index (χ3n) is 4.56. The van der Waals surface area contributed by atoms with E-state index in [-0.39, 0.29) is 11.3 Å². The molecule has 6 nitrogen and oxygen atoms in total. The average molecular weight is 313 g/mol. The van der Waals surface area contributed by atoms with Gasteiger partial charge in [-0.05, 0) is 36.9 Å². The van der Waals surface area contributed by atoms with Gasteiger partial charge in [-0.15, -0.1) is 0 Å². The van der Waals surface area contributed by atoms with E-state index >= 15 is 0 Å². The molecule has 0 bridgehead atoms. The largest absolute Gasteiger partial charge is 0.337 e. The Labute approximate surface area is 136 Å². The summed E-state index contributed by atoms with van der Waals surface area (Å²) >= 11 is 0. The average Bonchev–Trinajstić information content (AvgIpc) is 2.90. The lowest BCUT2D eigenvalue weighted by Gasteiger charge is -2.40. The van der Waals surface area contributed by atoms with Crippen molar-refractivity contribution in [1.82, 2.24) is 9.78 Å². The summed E-state index contributed by atoms with van der Waals surface area (Å²) in [4.78, 5) is 12.4. The van der Waals surface area contributed by atoms with Gasteiger partial charge in [-0.2, -0.15) is 5.10 Å². The summed E-state index contributed by atoms with van der Waals surface area (Å²) in [7, 11) is 1.86. The van der Waals surface area contributed by atoms with E-state index in [0.29, 0.717) is 13.0 Å². The Balaban J connectivity index is 1.69. The van der Waals surface area contributed by atoms with Gasteiger partial charge in [0.15, 0.2) is 5.82 Å². The van der Waals surface area contributed by atoms with E-state index in [1.165, 1.54) is 6.42 Å². The quantitative estimate of drug-likeness (QED) is 0.765. The van der Waals surface area contributed by atoms with Gasteiger partial charge in [0.25, 0.3) is 0 Å². The molecular weight excluding hydrogens is 290 g/mol. The molecule has 0 radical (unpaired) electrons. The first-order valence-electron chi connectivity index (χ1n) is 7.96. The third-order valence-corrected chi connectivity index (χ3v) is 4.56. The van der Waals surface area contributed by atoms with E-state index in [9.17, 15) is 4.79 Å². The van der Waals surface area contributed by atoms with Crippen molar-refractivity contribution in [2.24, 2.45) is 18.2 Å². The Morgan fingerprint density at radius 3 is 2.61 bits per heavy atom. The number of hydrogen-bond acceptors (Lipinski definition) is 4. The monoisotopic (exact) mass is 313 g/mol. The van der Waals surface area contributed by atoms with E-state index in [1.807, 2.05) is 43.6 Å². The molecule has 122 valence electrons. The first kappa shape index (κ1) is 15.6. The topological polar surface area (TPSA) is 85.0 Å². The minimum atomic E-state index is 0.00738. The molecule has 0 aliphatic heterocycles. The molecule has 1 aromatic heterocycles. The first-order chi connectivity index (χ1) is 11.1. The molecule has 0 saturated heterocycles. The zero-order valence-electron chi connectivity index (χ0n) is 13.4. The zero-order valence-corrected chi connectivity index (χ0v) is 13.4. The summed E-state index contributed by atoms with van der Waals surface area (Å²) in [6.07, 6.45) is 5.62. The van der Waals surface area contributed by atoms with Crippen LogP contribution in [0.4, 0.5) is 17.2 Å². The Hall–Kier alpha value is -2.34. The molecule has 1 aliphatic carbocycles. The van der Waals surface area contributed by atoms with Gasteiger partial charge in [0, 0.05) is 25.7 Å². The summed E-state index contributed by atoms with van der Waals surface area (Å²) in [5, 5.41) is 10.5. The van der Waals surface area contributed by atoms with Crippen LogP contribution in [0.5, 0.6) is 0 Å². The molecule has 1 saturated carbocycles. The fraction of sp³-hybridized carbons (Fsp3) is 0.412. The molecule has 1 fully saturated rings. The summed E-state index contributed by atoms with van der Waals surface area (Å²) in [6.45, 7) is 0.578. The van der Waals surface area contributed by atoms with Crippen molar-refractivity contribution in [3.8, 4) is 0 Å². The van der Waals surface area contributed by atoms with E-state index in [4.69, 9.17) is 5.73 Å². The highest BCUT2D eigenvalue weighted by atomic mass is 16.1. The second-order valence-corrected chi connectivity index (χ2v) is 6.33. The van der Waals surface area contributed by atoms with Crippen LogP contribution in [-0.4, -0.2) is 22.2 Å². The van der Waals surface area contributed by atoms with Crippen LogP contribution in [0, 0.1) is 5.41 Å².